The highest BCUT2D eigenvalue weighted by Crippen LogP contribution is 2.40. The molecule has 0 amide bonds. The van der Waals surface area contributed by atoms with Gasteiger partial charge in [0, 0.05) is 48.9 Å². The summed E-state index contributed by atoms with van der Waals surface area (Å²) in [5, 5.41) is 20.4. The number of benzene rings is 1. The number of nitro benzene ring substituents is 1. The third-order valence-electron chi connectivity index (χ3n) is 3.98. The van der Waals surface area contributed by atoms with Crippen LogP contribution in [-0.4, -0.2) is 30.4 Å². The van der Waals surface area contributed by atoms with E-state index in [0.717, 1.165) is 11.9 Å². The van der Waals surface area contributed by atoms with Crippen LogP contribution in [-0.2, 0) is 4.74 Å². The number of ether oxygens (including phenoxy) is 1. The molecule has 1 aliphatic rings. The summed E-state index contributed by atoms with van der Waals surface area (Å²) in [5.74, 6) is 0. The van der Waals surface area contributed by atoms with E-state index in [0.29, 0.717) is 29.1 Å². The third kappa shape index (κ3) is 3.12. The Labute approximate surface area is 135 Å². The molecule has 0 radical (unpaired) electrons. The highest BCUT2D eigenvalue weighted by Gasteiger charge is 2.33. The van der Waals surface area contributed by atoms with Gasteiger partial charge in [0.15, 0.2) is 11.3 Å². The maximum Gasteiger partial charge on any atom is 0.297 e. The number of fused-ring (bicyclic) bond motifs is 1. The minimum atomic E-state index is -1.45. The summed E-state index contributed by atoms with van der Waals surface area (Å²) in [5.41, 5.74) is -1.15. The SMILES string of the molecule is NSc1cc([N+](=O)[O-])c(NCC2(F)CCOCC2)c2occc12. The lowest BCUT2D eigenvalue weighted by Gasteiger charge is -2.29. The third-order valence-corrected chi connectivity index (χ3v) is 4.57. The van der Waals surface area contributed by atoms with Gasteiger partial charge < -0.3 is 14.5 Å². The number of halogens is 1. The maximum absolute atomic E-state index is 14.7. The molecule has 2 aromatic rings. The van der Waals surface area contributed by atoms with E-state index in [1.807, 2.05) is 0 Å². The van der Waals surface area contributed by atoms with Crippen LogP contribution in [0.4, 0.5) is 15.8 Å². The van der Waals surface area contributed by atoms with Crippen molar-refractivity contribution in [3.8, 4) is 0 Å². The number of nitro groups is 1. The van der Waals surface area contributed by atoms with Crippen molar-refractivity contribution in [2.24, 2.45) is 5.14 Å². The summed E-state index contributed by atoms with van der Waals surface area (Å²) < 4.78 is 25.2. The Morgan fingerprint density at radius 3 is 2.87 bits per heavy atom. The maximum atomic E-state index is 14.7. The van der Waals surface area contributed by atoms with Crippen LogP contribution >= 0.6 is 11.9 Å². The van der Waals surface area contributed by atoms with E-state index < -0.39 is 10.6 Å². The predicted molar refractivity (Wildman–Crippen MR) is 85.3 cm³/mol. The minimum Gasteiger partial charge on any atom is -0.462 e. The number of nitrogens with zero attached hydrogens (tertiary/aromatic N) is 1. The van der Waals surface area contributed by atoms with Gasteiger partial charge in [0.2, 0.25) is 0 Å². The number of nitrogens with two attached hydrogens (primary N) is 1. The molecule has 0 atom stereocenters. The Hall–Kier alpha value is -1.84. The molecule has 23 heavy (non-hydrogen) atoms. The van der Waals surface area contributed by atoms with Crippen molar-refractivity contribution in [3.05, 3.63) is 28.5 Å². The van der Waals surface area contributed by atoms with Crippen molar-refractivity contribution in [2.45, 2.75) is 23.4 Å². The Morgan fingerprint density at radius 2 is 2.22 bits per heavy atom. The van der Waals surface area contributed by atoms with Crippen LogP contribution in [0.5, 0.6) is 0 Å². The number of anilines is 1. The van der Waals surface area contributed by atoms with E-state index in [1.165, 1.54) is 12.3 Å². The van der Waals surface area contributed by atoms with Crippen LogP contribution in [0.3, 0.4) is 0 Å². The van der Waals surface area contributed by atoms with E-state index in [9.17, 15) is 14.5 Å². The molecule has 2 heterocycles. The number of rotatable bonds is 5. The minimum absolute atomic E-state index is 0.0396. The molecule has 1 aliphatic heterocycles. The summed E-state index contributed by atoms with van der Waals surface area (Å²) in [6, 6.07) is 3.05. The van der Waals surface area contributed by atoms with Gasteiger partial charge in [-0.25, -0.2) is 4.39 Å². The van der Waals surface area contributed by atoms with Gasteiger partial charge >= 0.3 is 0 Å². The van der Waals surface area contributed by atoms with E-state index in [1.54, 1.807) is 6.07 Å². The lowest BCUT2D eigenvalue weighted by molar-refractivity contribution is -0.384. The second-order valence-electron chi connectivity index (χ2n) is 5.42. The first-order valence-corrected chi connectivity index (χ1v) is 7.98. The number of alkyl halides is 1. The van der Waals surface area contributed by atoms with Gasteiger partial charge in [-0.1, -0.05) is 0 Å². The standard InChI is InChI=1S/C14H16FN3O4S/c15-14(2-5-21-6-3-14)8-17-12-10(18(19)20)7-11(23-16)9-1-4-22-13(9)12/h1,4,7,17H,2-3,5-6,8,16H2. The van der Waals surface area contributed by atoms with Gasteiger partial charge in [0.1, 0.15) is 5.67 Å². The Kier molecular flexibility index (Phi) is 4.42. The monoisotopic (exact) mass is 341 g/mol. The zero-order valence-corrected chi connectivity index (χ0v) is 13.0. The Morgan fingerprint density at radius 1 is 1.48 bits per heavy atom. The van der Waals surface area contributed by atoms with E-state index in [-0.39, 0.29) is 30.8 Å². The predicted octanol–water partition coefficient (Wildman–Crippen LogP) is 3.24. The average Bonchev–Trinajstić information content (AvgIpc) is 3.02. The van der Waals surface area contributed by atoms with Crippen LogP contribution in [0.2, 0.25) is 0 Å². The van der Waals surface area contributed by atoms with E-state index in [2.05, 4.69) is 5.32 Å². The molecule has 3 rings (SSSR count). The van der Waals surface area contributed by atoms with E-state index in [4.69, 9.17) is 14.3 Å². The molecule has 1 aromatic heterocycles. The van der Waals surface area contributed by atoms with E-state index >= 15 is 0 Å². The van der Waals surface area contributed by atoms with Gasteiger partial charge in [-0.15, -0.1) is 0 Å². The molecule has 0 aliphatic carbocycles. The van der Waals surface area contributed by atoms with Gasteiger partial charge in [0.05, 0.1) is 11.2 Å². The van der Waals surface area contributed by atoms with Crippen molar-refractivity contribution in [2.75, 3.05) is 25.1 Å². The van der Waals surface area contributed by atoms with Gasteiger partial charge in [-0.05, 0) is 18.0 Å². The van der Waals surface area contributed by atoms with Crippen LogP contribution in [0.25, 0.3) is 11.0 Å². The normalized spacial score (nSPS) is 17.3. The first-order chi connectivity index (χ1) is 11.0. The summed E-state index contributed by atoms with van der Waals surface area (Å²) in [6.07, 6.45) is 1.94. The highest BCUT2D eigenvalue weighted by molar-refractivity contribution is 7.97. The number of hydrogen-bond donors (Lipinski definition) is 2. The van der Waals surface area contributed by atoms with Crippen molar-refractivity contribution in [3.63, 3.8) is 0 Å². The van der Waals surface area contributed by atoms with Gasteiger partial charge in [-0.2, -0.15) is 0 Å². The second-order valence-corrected chi connectivity index (χ2v) is 6.10. The van der Waals surface area contributed by atoms with Crippen molar-refractivity contribution < 1.29 is 18.5 Å². The molecule has 1 saturated heterocycles. The van der Waals surface area contributed by atoms with Crippen LogP contribution < -0.4 is 10.5 Å². The Bertz CT molecular complexity index is 730. The summed E-state index contributed by atoms with van der Waals surface area (Å²) in [7, 11) is 0. The quantitative estimate of drug-likeness (QED) is 0.489. The summed E-state index contributed by atoms with van der Waals surface area (Å²) in [4.78, 5) is 11.4. The second kappa shape index (κ2) is 6.34. The molecule has 7 nitrogen and oxygen atoms in total. The molecule has 124 valence electrons. The number of nitrogens with one attached hydrogen (secondary N) is 1. The molecule has 0 bridgehead atoms. The fraction of sp³-hybridized carbons (Fsp3) is 0.429. The van der Waals surface area contributed by atoms with Crippen molar-refractivity contribution in [1.82, 2.24) is 0 Å². The molecule has 0 spiro atoms. The first kappa shape index (κ1) is 16.0. The molecule has 9 heteroatoms. The van der Waals surface area contributed by atoms with Crippen molar-refractivity contribution >= 4 is 34.3 Å². The molecule has 0 saturated carbocycles. The van der Waals surface area contributed by atoms with Crippen molar-refractivity contribution in [1.29, 1.82) is 0 Å². The summed E-state index contributed by atoms with van der Waals surface area (Å²) >= 11 is 0.906. The zero-order valence-electron chi connectivity index (χ0n) is 12.2. The van der Waals surface area contributed by atoms with Crippen LogP contribution in [0.15, 0.2) is 27.7 Å². The molecular weight excluding hydrogens is 325 g/mol. The Balaban J connectivity index is 1.97. The fourth-order valence-electron chi connectivity index (χ4n) is 2.66. The average molecular weight is 341 g/mol. The topological polar surface area (TPSA) is 104 Å². The molecule has 1 aromatic carbocycles. The lowest BCUT2D eigenvalue weighted by Crippen LogP contribution is -2.38. The molecular formula is C14H16FN3O4S. The van der Waals surface area contributed by atoms with Gasteiger partial charge in [-0.3, -0.25) is 15.3 Å². The highest BCUT2D eigenvalue weighted by atomic mass is 32.2. The fourth-order valence-corrected chi connectivity index (χ4v) is 3.13. The smallest absolute Gasteiger partial charge is 0.297 e. The molecule has 0 unspecified atom stereocenters. The lowest BCUT2D eigenvalue weighted by atomic mass is 9.96. The van der Waals surface area contributed by atoms with Gasteiger partial charge in [0.25, 0.3) is 5.69 Å². The number of furan rings is 1. The largest absolute Gasteiger partial charge is 0.462 e. The van der Waals surface area contributed by atoms with Crippen LogP contribution in [0.1, 0.15) is 12.8 Å². The first-order valence-electron chi connectivity index (χ1n) is 7.10. The molecule has 3 N–H and O–H groups in total. The van der Waals surface area contributed by atoms with Crippen LogP contribution in [0, 0.1) is 10.1 Å². The molecule has 1 fully saturated rings. The number of hydrogen-bond acceptors (Lipinski definition) is 7. The zero-order chi connectivity index (χ0) is 16.4. The summed E-state index contributed by atoms with van der Waals surface area (Å²) in [6.45, 7) is 0.653.